The first kappa shape index (κ1) is 14.3. The standard InChI is InChI=1S/C16H24FNO/c1-3-11-7-8-14(18)13(9-11)10-12-5-4-6-15(19-2)16(12)17/h4-6,11,13-14H,3,7-10,18H2,1-2H3. The smallest absolute Gasteiger partial charge is 0.168 e. The summed E-state index contributed by atoms with van der Waals surface area (Å²) in [6.45, 7) is 2.23. The molecule has 3 atom stereocenters. The summed E-state index contributed by atoms with van der Waals surface area (Å²) < 4.78 is 19.2. The molecule has 3 heteroatoms. The molecule has 1 aromatic carbocycles. The van der Waals surface area contributed by atoms with Crippen molar-refractivity contribution in [1.82, 2.24) is 0 Å². The van der Waals surface area contributed by atoms with Gasteiger partial charge in [-0.3, -0.25) is 0 Å². The molecule has 2 rings (SSSR count). The van der Waals surface area contributed by atoms with Crippen molar-refractivity contribution in [2.75, 3.05) is 7.11 Å². The lowest BCUT2D eigenvalue weighted by Crippen LogP contribution is -2.37. The molecular weight excluding hydrogens is 241 g/mol. The Balaban J connectivity index is 2.11. The average Bonchev–Trinajstić information content (AvgIpc) is 2.43. The summed E-state index contributed by atoms with van der Waals surface area (Å²) >= 11 is 0. The predicted octanol–water partition coefficient (Wildman–Crippen LogP) is 3.53. The second kappa shape index (κ2) is 6.38. The van der Waals surface area contributed by atoms with Gasteiger partial charge in [0.25, 0.3) is 0 Å². The number of nitrogens with two attached hydrogens (primary N) is 1. The van der Waals surface area contributed by atoms with Gasteiger partial charge in [-0.15, -0.1) is 0 Å². The summed E-state index contributed by atoms with van der Waals surface area (Å²) in [5.41, 5.74) is 6.94. The Morgan fingerprint density at radius 1 is 1.37 bits per heavy atom. The summed E-state index contributed by atoms with van der Waals surface area (Å²) in [5.74, 6) is 1.24. The Kier molecular flexibility index (Phi) is 4.81. The first-order chi connectivity index (χ1) is 9.15. The van der Waals surface area contributed by atoms with Gasteiger partial charge in [-0.1, -0.05) is 25.5 Å². The molecule has 1 saturated carbocycles. The molecule has 3 unspecified atom stereocenters. The van der Waals surface area contributed by atoms with Crippen LogP contribution < -0.4 is 10.5 Å². The molecule has 0 aliphatic heterocycles. The van der Waals surface area contributed by atoms with Crippen molar-refractivity contribution in [2.45, 2.75) is 45.1 Å². The molecule has 0 aromatic heterocycles. The molecule has 0 radical (unpaired) electrons. The molecule has 1 aliphatic rings. The number of halogens is 1. The molecule has 0 spiro atoms. The van der Waals surface area contributed by atoms with Crippen LogP contribution in [-0.4, -0.2) is 13.2 Å². The summed E-state index contributed by atoms with van der Waals surface area (Å²) in [6, 6.07) is 5.56. The van der Waals surface area contributed by atoms with Gasteiger partial charge < -0.3 is 10.5 Å². The van der Waals surface area contributed by atoms with Crippen molar-refractivity contribution in [3.05, 3.63) is 29.6 Å². The normalized spacial score (nSPS) is 27.3. The van der Waals surface area contributed by atoms with Crippen LogP contribution in [0.25, 0.3) is 0 Å². The highest BCUT2D eigenvalue weighted by atomic mass is 19.1. The maximum atomic E-state index is 14.2. The third-order valence-electron chi connectivity index (χ3n) is 4.47. The van der Waals surface area contributed by atoms with Crippen LogP contribution in [0.5, 0.6) is 5.75 Å². The van der Waals surface area contributed by atoms with Gasteiger partial charge in [-0.2, -0.15) is 0 Å². The van der Waals surface area contributed by atoms with Gasteiger partial charge in [0.15, 0.2) is 11.6 Å². The second-order valence-corrected chi connectivity index (χ2v) is 5.65. The number of methoxy groups -OCH3 is 1. The van der Waals surface area contributed by atoms with Gasteiger partial charge >= 0.3 is 0 Å². The van der Waals surface area contributed by atoms with E-state index in [0.29, 0.717) is 11.7 Å². The Bertz CT molecular complexity index is 421. The number of rotatable bonds is 4. The van der Waals surface area contributed by atoms with Crippen molar-refractivity contribution in [3.63, 3.8) is 0 Å². The minimum absolute atomic E-state index is 0.202. The monoisotopic (exact) mass is 265 g/mol. The van der Waals surface area contributed by atoms with E-state index in [0.717, 1.165) is 30.7 Å². The van der Waals surface area contributed by atoms with Crippen LogP contribution in [0.15, 0.2) is 18.2 Å². The average molecular weight is 265 g/mol. The van der Waals surface area contributed by atoms with Crippen LogP contribution in [0.3, 0.4) is 0 Å². The Morgan fingerprint density at radius 3 is 2.84 bits per heavy atom. The Morgan fingerprint density at radius 2 is 2.16 bits per heavy atom. The van der Waals surface area contributed by atoms with Gasteiger partial charge in [0, 0.05) is 6.04 Å². The molecule has 1 aliphatic carbocycles. The topological polar surface area (TPSA) is 35.2 Å². The van der Waals surface area contributed by atoms with Crippen LogP contribution in [0, 0.1) is 17.7 Å². The van der Waals surface area contributed by atoms with Gasteiger partial charge in [-0.25, -0.2) is 4.39 Å². The van der Waals surface area contributed by atoms with Crippen molar-refractivity contribution in [2.24, 2.45) is 17.6 Å². The molecule has 19 heavy (non-hydrogen) atoms. The maximum Gasteiger partial charge on any atom is 0.168 e. The lowest BCUT2D eigenvalue weighted by molar-refractivity contribution is 0.225. The van der Waals surface area contributed by atoms with E-state index in [4.69, 9.17) is 10.5 Å². The van der Waals surface area contributed by atoms with E-state index < -0.39 is 0 Å². The fraction of sp³-hybridized carbons (Fsp3) is 0.625. The molecule has 1 fully saturated rings. The molecule has 0 saturated heterocycles. The number of ether oxygens (including phenoxy) is 1. The van der Waals surface area contributed by atoms with Crippen LogP contribution >= 0.6 is 0 Å². The number of hydrogen-bond acceptors (Lipinski definition) is 2. The van der Waals surface area contributed by atoms with Crippen LogP contribution in [0.4, 0.5) is 4.39 Å². The first-order valence-corrected chi connectivity index (χ1v) is 7.22. The minimum atomic E-state index is -0.226. The van der Waals surface area contributed by atoms with Crippen LogP contribution in [-0.2, 0) is 6.42 Å². The summed E-state index contributed by atoms with van der Waals surface area (Å²) in [5, 5.41) is 0. The lowest BCUT2D eigenvalue weighted by atomic mass is 9.75. The van der Waals surface area contributed by atoms with Crippen molar-refractivity contribution < 1.29 is 9.13 Å². The van der Waals surface area contributed by atoms with Crippen molar-refractivity contribution in [3.8, 4) is 5.75 Å². The SMILES string of the molecule is CCC1CCC(N)C(Cc2cccc(OC)c2F)C1. The van der Waals surface area contributed by atoms with E-state index in [1.165, 1.54) is 20.0 Å². The third kappa shape index (κ3) is 3.27. The highest BCUT2D eigenvalue weighted by molar-refractivity contribution is 5.31. The largest absolute Gasteiger partial charge is 0.494 e. The van der Waals surface area contributed by atoms with Crippen LogP contribution in [0.1, 0.15) is 38.2 Å². The first-order valence-electron chi connectivity index (χ1n) is 7.22. The molecule has 106 valence electrons. The van der Waals surface area contributed by atoms with E-state index in [1.54, 1.807) is 6.07 Å². The van der Waals surface area contributed by atoms with Crippen molar-refractivity contribution >= 4 is 0 Å². The summed E-state index contributed by atoms with van der Waals surface area (Å²) in [6.07, 6.45) is 5.32. The fourth-order valence-electron chi connectivity index (χ4n) is 3.14. The molecule has 2 N–H and O–H groups in total. The predicted molar refractivity (Wildman–Crippen MR) is 75.8 cm³/mol. The van der Waals surface area contributed by atoms with Crippen LogP contribution in [0.2, 0.25) is 0 Å². The summed E-state index contributed by atoms with van der Waals surface area (Å²) in [7, 11) is 1.50. The molecule has 0 bridgehead atoms. The molecule has 2 nitrogen and oxygen atoms in total. The highest BCUT2D eigenvalue weighted by Gasteiger charge is 2.28. The quantitative estimate of drug-likeness (QED) is 0.904. The minimum Gasteiger partial charge on any atom is -0.494 e. The van der Waals surface area contributed by atoms with E-state index in [2.05, 4.69) is 6.92 Å². The van der Waals surface area contributed by atoms with Gasteiger partial charge in [0.05, 0.1) is 7.11 Å². The van der Waals surface area contributed by atoms with Gasteiger partial charge in [0.2, 0.25) is 0 Å². The summed E-state index contributed by atoms with van der Waals surface area (Å²) in [4.78, 5) is 0. The van der Waals surface area contributed by atoms with E-state index in [9.17, 15) is 4.39 Å². The number of benzene rings is 1. The van der Waals surface area contributed by atoms with Gasteiger partial charge in [-0.05, 0) is 49.1 Å². The van der Waals surface area contributed by atoms with Gasteiger partial charge in [0.1, 0.15) is 0 Å². The molecule has 0 amide bonds. The fourth-order valence-corrected chi connectivity index (χ4v) is 3.14. The zero-order valence-electron chi connectivity index (χ0n) is 11.9. The Labute approximate surface area is 115 Å². The second-order valence-electron chi connectivity index (χ2n) is 5.65. The zero-order valence-corrected chi connectivity index (χ0v) is 11.9. The third-order valence-corrected chi connectivity index (χ3v) is 4.47. The lowest BCUT2D eigenvalue weighted by Gasteiger charge is -2.34. The number of hydrogen-bond donors (Lipinski definition) is 1. The van der Waals surface area contributed by atoms with E-state index in [-0.39, 0.29) is 11.9 Å². The molecule has 1 aromatic rings. The zero-order chi connectivity index (χ0) is 13.8. The molecule has 0 heterocycles. The highest BCUT2D eigenvalue weighted by Crippen LogP contribution is 2.33. The van der Waals surface area contributed by atoms with E-state index >= 15 is 0 Å². The Hall–Kier alpha value is -1.09. The van der Waals surface area contributed by atoms with Crippen molar-refractivity contribution in [1.29, 1.82) is 0 Å². The maximum absolute atomic E-state index is 14.2. The molecular formula is C16H24FNO. The van der Waals surface area contributed by atoms with E-state index in [1.807, 2.05) is 12.1 Å².